The van der Waals surface area contributed by atoms with Crippen LogP contribution in [-0.2, 0) is 29.5 Å². The lowest BCUT2D eigenvalue weighted by Gasteiger charge is -2.34. The maximum atomic E-state index is 12.9. The summed E-state index contributed by atoms with van der Waals surface area (Å²) in [6.45, 7) is 8.46. The summed E-state index contributed by atoms with van der Waals surface area (Å²) in [5, 5.41) is 0. The number of sulfonamides is 1. The molecule has 0 N–H and O–H groups in total. The van der Waals surface area contributed by atoms with Crippen molar-refractivity contribution in [2.75, 3.05) is 40.3 Å². The molecule has 4 rings (SSSR count). The Morgan fingerprint density at radius 3 is 2.26 bits per heavy atom. The van der Waals surface area contributed by atoms with Crippen LogP contribution in [0.1, 0.15) is 35.6 Å². The second kappa shape index (κ2) is 9.85. The van der Waals surface area contributed by atoms with E-state index in [-0.39, 0.29) is 10.8 Å². The number of hydrogen-bond donors (Lipinski definition) is 0. The third kappa shape index (κ3) is 4.73. The van der Waals surface area contributed by atoms with Crippen molar-refractivity contribution in [3.8, 4) is 0 Å². The summed E-state index contributed by atoms with van der Waals surface area (Å²) in [6, 6.07) is 13.0. The van der Waals surface area contributed by atoms with E-state index in [0.29, 0.717) is 25.2 Å². The lowest BCUT2D eigenvalue weighted by molar-refractivity contribution is 0.0624. The lowest BCUT2D eigenvalue weighted by atomic mass is 10.1. The Labute approximate surface area is 201 Å². The second-order valence-electron chi connectivity index (χ2n) is 8.83. The molecule has 0 spiro atoms. The van der Waals surface area contributed by atoms with Gasteiger partial charge in [0, 0.05) is 52.4 Å². The van der Waals surface area contributed by atoms with Crippen molar-refractivity contribution in [2.24, 2.45) is 0 Å². The van der Waals surface area contributed by atoms with Gasteiger partial charge in [0.05, 0.1) is 22.5 Å². The molecular weight excluding hydrogens is 450 g/mol. The number of benzene rings is 2. The van der Waals surface area contributed by atoms with Gasteiger partial charge in [0.1, 0.15) is 5.82 Å². The number of imidazole rings is 1. The predicted octanol–water partition coefficient (Wildman–Crippen LogP) is 2.83. The van der Waals surface area contributed by atoms with E-state index in [1.165, 1.54) is 24.0 Å². The van der Waals surface area contributed by atoms with Crippen LogP contribution in [0.3, 0.4) is 0 Å². The molecular formula is C25H33N5O3S. The molecule has 0 bridgehead atoms. The normalized spacial score (nSPS) is 15.4. The van der Waals surface area contributed by atoms with Gasteiger partial charge in [-0.25, -0.2) is 17.7 Å². The molecule has 0 aliphatic carbocycles. The minimum absolute atomic E-state index is 0.0812. The third-order valence-electron chi connectivity index (χ3n) is 6.53. The average Bonchev–Trinajstić information content (AvgIpc) is 3.20. The highest BCUT2D eigenvalue weighted by Gasteiger charge is 2.24. The van der Waals surface area contributed by atoms with Crippen molar-refractivity contribution in [1.29, 1.82) is 0 Å². The van der Waals surface area contributed by atoms with E-state index in [1.807, 2.05) is 35.2 Å². The fourth-order valence-corrected chi connectivity index (χ4v) is 5.30. The summed E-state index contributed by atoms with van der Waals surface area (Å²) in [6.07, 6.45) is 0.961. The van der Waals surface area contributed by atoms with Crippen LogP contribution in [0, 0.1) is 0 Å². The third-order valence-corrected chi connectivity index (χ3v) is 8.34. The molecule has 0 atom stereocenters. The zero-order chi connectivity index (χ0) is 24.5. The van der Waals surface area contributed by atoms with Crippen LogP contribution < -0.4 is 0 Å². The average molecular weight is 484 g/mol. The number of aryl methyl sites for hydroxylation is 2. The number of carbonyl (C=O) groups excluding carboxylic acids is 1. The zero-order valence-electron chi connectivity index (χ0n) is 20.4. The standard InChI is InChI=1S/C25H33N5O3S/c1-5-19-7-9-20(10-8-19)25(31)29-15-13-28(14-16-29)18-24-26-22-17-21(34(32,33)27(3)4)11-12-23(22)30(24)6-2/h7-12,17H,5-6,13-16,18H2,1-4H3. The first-order valence-electron chi connectivity index (χ1n) is 11.8. The Morgan fingerprint density at radius 2 is 1.68 bits per heavy atom. The van der Waals surface area contributed by atoms with E-state index in [0.717, 1.165) is 43.0 Å². The number of piperazine rings is 1. The van der Waals surface area contributed by atoms with Crippen LogP contribution in [0.2, 0.25) is 0 Å². The molecule has 182 valence electrons. The molecule has 9 heteroatoms. The van der Waals surface area contributed by atoms with Crippen molar-refractivity contribution in [2.45, 2.75) is 38.3 Å². The van der Waals surface area contributed by atoms with Crippen LogP contribution in [0.4, 0.5) is 0 Å². The topological polar surface area (TPSA) is 78.8 Å². The molecule has 1 amide bonds. The summed E-state index contributed by atoms with van der Waals surface area (Å²) in [4.78, 5) is 22.1. The number of fused-ring (bicyclic) bond motifs is 1. The quantitative estimate of drug-likeness (QED) is 0.516. The van der Waals surface area contributed by atoms with Gasteiger partial charge in [0.2, 0.25) is 10.0 Å². The van der Waals surface area contributed by atoms with Gasteiger partial charge in [-0.15, -0.1) is 0 Å². The highest BCUT2D eigenvalue weighted by Crippen LogP contribution is 2.23. The Hall–Kier alpha value is -2.75. The molecule has 8 nitrogen and oxygen atoms in total. The zero-order valence-corrected chi connectivity index (χ0v) is 21.2. The molecule has 2 aromatic carbocycles. The van der Waals surface area contributed by atoms with Gasteiger partial charge in [0.15, 0.2) is 0 Å². The molecule has 3 aromatic rings. The summed E-state index contributed by atoms with van der Waals surface area (Å²) in [5.74, 6) is 0.990. The number of rotatable bonds is 7. The minimum atomic E-state index is -3.51. The van der Waals surface area contributed by atoms with Gasteiger partial charge in [0.25, 0.3) is 5.91 Å². The Bertz CT molecular complexity index is 1270. The molecule has 0 radical (unpaired) electrons. The Balaban J connectivity index is 1.46. The highest BCUT2D eigenvalue weighted by molar-refractivity contribution is 7.89. The maximum absolute atomic E-state index is 12.9. The molecule has 2 heterocycles. The molecule has 34 heavy (non-hydrogen) atoms. The van der Waals surface area contributed by atoms with E-state index in [9.17, 15) is 13.2 Å². The molecule has 0 unspecified atom stereocenters. The van der Waals surface area contributed by atoms with Gasteiger partial charge in [-0.05, 0) is 49.2 Å². The van der Waals surface area contributed by atoms with Crippen LogP contribution in [0.15, 0.2) is 47.4 Å². The fourth-order valence-electron chi connectivity index (χ4n) is 4.38. The van der Waals surface area contributed by atoms with Crippen molar-refractivity contribution in [3.63, 3.8) is 0 Å². The van der Waals surface area contributed by atoms with Gasteiger partial charge < -0.3 is 9.47 Å². The van der Waals surface area contributed by atoms with Crippen molar-refractivity contribution >= 4 is 27.0 Å². The van der Waals surface area contributed by atoms with Gasteiger partial charge in [-0.3, -0.25) is 9.69 Å². The second-order valence-corrected chi connectivity index (χ2v) is 11.0. The predicted molar refractivity (Wildman–Crippen MR) is 133 cm³/mol. The number of nitrogens with zero attached hydrogens (tertiary/aromatic N) is 5. The summed E-state index contributed by atoms with van der Waals surface area (Å²) >= 11 is 0. The van der Waals surface area contributed by atoms with Crippen LogP contribution in [0.5, 0.6) is 0 Å². The molecule has 0 saturated carbocycles. The summed E-state index contributed by atoms with van der Waals surface area (Å²) < 4.78 is 28.4. The van der Waals surface area contributed by atoms with Gasteiger partial charge in [-0.2, -0.15) is 0 Å². The molecule has 1 fully saturated rings. The summed E-state index contributed by atoms with van der Waals surface area (Å²) in [7, 11) is -0.455. The van der Waals surface area contributed by atoms with E-state index in [1.54, 1.807) is 12.1 Å². The molecule has 1 aliphatic heterocycles. The highest BCUT2D eigenvalue weighted by atomic mass is 32.2. The Kier molecular flexibility index (Phi) is 7.06. The van der Waals surface area contributed by atoms with Crippen molar-refractivity contribution < 1.29 is 13.2 Å². The maximum Gasteiger partial charge on any atom is 0.253 e. The van der Waals surface area contributed by atoms with Crippen LogP contribution in [0.25, 0.3) is 11.0 Å². The van der Waals surface area contributed by atoms with E-state index < -0.39 is 10.0 Å². The smallest absolute Gasteiger partial charge is 0.253 e. The first-order chi connectivity index (χ1) is 16.2. The van der Waals surface area contributed by atoms with Crippen molar-refractivity contribution in [3.05, 3.63) is 59.4 Å². The molecule has 1 aromatic heterocycles. The minimum Gasteiger partial charge on any atom is -0.336 e. The van der Waals surface area contributed by atoms with Gasteiger partial charge in [-0.1, -0.05) is 19.1 Å². The lowest BCUT2D eigenvalue weighted by Crippen LogP contribution is -2.48. The number of aromatic nitrogens is 2. The molecule has 1 saturated heterocycles. The summed E-state index contributed by atoms with van der Waals surface area (Å²) in [5.41, 5.74) is 3.58. The monoisotopic (exact) mass is 483 g/mol. The first kappa shape index (κ1) is 24.4. The SMILES string of the molecule is CCc1ccc(C(=O)N2CCN(Cc3nc4cc(S(=O)(=O)N(C)C)ccc4n3CC)CC2)cc1. The van der Waals surface area contributed by atoms with E-state index >= 15 is 0 Å². The van der Waals surface area contributed by atoms with Crippen LogP contribution >= 0.6 is 0 Å². The van der Waals surface area contributed by atoms with Crippen LogP contribution in [-0.4, -0.2) is 78.3 Å². The fraction of sp³-hybridized carbons (Fsp3) is 0.440. The number of hydrogen-bond acceptors (Lipinski definition) is 5. The van der Waals surface area contributed by atoms with E-state index in [2.05, 4.69) is 23.3 Å². The first-order valence-corrected chi connectivity index (χ1v) is 13.2. The van der Waals surface area contributed by atoms with Crippen molar-refractivity contribution in [1.82, 2.24) is 23.7 Å². The number of amides is 1. The largest absolute Gasteiger partial charge is 0.336 e. The Morgan fingerprint density at radius 1 is 1.00 bits per heavy atom. The number of carbonyl (C=O) groups is 1. The molecule has 1 aliphatic rings. The van der Waals surface area contributed by atoms with E-state index in [4.69, 9.17) is 4.98 Å². The van der Waals surface area contributed by atoms with Gasteiger partial charge >= 0.3 is 0 Å².